The second-order valence-electron chi connectivity index (χ2n) is 6.36. The van der Waals surface area contributed by atoms with Crippen molar-refractivity contribution >= 4 is 11.3 Å². The van der Waals surface area contributed by atoms with Gasteiger partial charge in [0.15, 0.2) is 0 Å². The summed E-state index contributed by atoms with van der Waals surface area (Å²) in [5, 5.41) is 3.26. The first-order valence-corrected chi connectivity index (χ1v) is 9.39. The summed E-state index contributed by atoms with van der Waals surface area (Å²) in [5.41, 5.74) is 5.02. The van der Waals surface area contributed by atoms with Crippen molar-refractivity contribution in [3.63, 3.8) is 0 Å². The molecule has 2 heteroatoms. The summed E-state index contributed by atoms with van der Waals surface area (Å²) in [7, 11) is 0. The fraction of sp³-hybridized carbons (Fsp3) is 0.286. The number of hydrogen-bond acceptors (Lipinski definition) is 2. The molecule has 116 valence electrons. The second kappa shape index (κ2) is 6.67. The Bertz CT molecular complexity index is 752. The van der Waals surface area contributed by atoms with Gasteiger partial charge in [-0.25, -0.2) is 4.98 Å². The molecule has 0 spiro atoms. The molecule has 0 unspecified atom stereocenters. The molecule has 4 rings (SSSR count). The van der Waals surface area contributed by atoms with Crippen LogP contribution in [0.4, 0.5) is 0 Å². The van der Waals surface area contributed by atoms with Gasteiger partial charge in [-0.2, -0.15) is 0 Å². The van der Waals surface area contributed by atoms with Crippen molar-refractivity contribution in [3.05, 3.63) is 65.5 Å². The summed E-state index contributed by atoms with van der Waals surface area (Å²) in [6.07, 6.45) is 6.90. The molecule has 0 N–H and O–H groups in total. The molecule has 23 heavy (non-hydrogen) atoms. The van der Waals surface area contributed by atoms with E-state index in [-0.39, 0.29) is 0 Å². The summed E-state index contributed by atoms with van der Waals surface area (Å²) in [6, 6.07) is 19.5. The minimum atomic E-state index is 0.771. The fourth-order valence-corrected chi connectivity index (χ4v) is 4.32. The molecule has 1 heterocycles. The van der Waals surface area contributed by atoms with Gasteiger partial charge < -0.3 is 0 Å². The molecule has 1 fully saturated rings. The van der Waals surface area contributed by atoms with Crippen molar-refractivity contribution < 1.29 is 0 Å². The van der Waals surface area contributed by atoms with Crippen LogP contribution in [0, 0.1) is 0 Å². The molecule has 1 aromatic heterocycles. The van der Waals surface area contributed by atoms with Gasteiger partial charge in [0.25, 0.3) is 0 Å². The highest BCUT2D eigenvalue weighted by molar-refractivity contribution is 7.13. The van der Waals surface area contributed by atoms with Crippen LogP contribution in [0.5, 0.6) is 0 Å². The van der Waals surface area contributed by atoms with Crippen LogP contribution in [0.15, 0.2) is 60.0 Å². The molecular formula is C21H21NS. The van der Waals surface area contributed by atoms with Crippen molar-refractivity contribution in [2.45, 2.75) is 38.0 Å². The van der Waals surface area contributed by atoms with Crippen LogP contribution >= 0.6 is 11.3 Å². The molecule has 0 aliphatic heterocycles. The van der Waals surface area contributed by atoms with E-state index < -0.39 is 0 Å². The SMILES string of the molecule is c1ccc(-c2nc(-c3ccc(C4CCCCC4)cc3)cs2)cc1. The second-order valence-corrected chi connectivity index (χ2v) is 7.22. The zero-order valence-corrected chi connectivity index (χ0v) is 14.1. The van der Waals surface area contributed by atoms with Crippen molar-refractivity contribution in [3.8, 4) is 21.8 Å². The van der Waals surface area contributed by atoms with Crippen LogP contribution < -0.4 is 0 Å². The van der Waals surface area contributed by atoms with Gasteiger partial charge in [0, 0.05) is 16.5 Å². The Hall–Kier alpha value is -1.93. The Morgan fingerprint density at radius 3 is 2.26 bits per heavy atom. The molecule has 1 aliphatic carbocycles. The van der Waals surface area contributed by atoms with E-state index in [4.69, 9.17) is 4.98 Å². The van der Waals surface area contributed by atoms with Gasteiger partial charge in [-0.3, -0.25) is 0 Å². The largest absolute Gasteiger partial charge is 0.236 e. The van der Waals surface area contributed by atoms with E-state index >= 15 is 0 Å². The van der Waals surface area contributed by atoms with Gasteiger partial charge >= 0.3 is 0 Å². The monoisotopic (exact) mass is 319 g/mol. The highest BCUT2D eigenvalue weighted by Crippen LogP contribution is 2.34. The summed E-state index contributed by atoms with van der Waals surface area (Å²) in [6.45, 7) is 0. The number of rotatable bonds is 3. The van der Waals surface area contributed by atoms with Gasteiger partial charge in [0.2, 0.25) is 0 Å². The van der Waals surface area contributed by atoms with Crippen molar-refractivity contribution in [2.75, 3.05) is 0 Å². The predicted octanol–water partition coefficient (Wildman–Crippen LogP) is 6.52. The average molecular weight is 319 g/mol. The Labute approximate surface area is 142 Å². The Morgan fingerprint density at radius 1 is 0.783 bits per heavy atom. The van der Waals surface area contributed by atoms with Crippen LogP contribution in [-0.4, -0.2) is 4.98 Å². The number of thiazole rings is 1. The van der Waals surface area contributed by atoms with Gasteiger partial charge in [-0.15, -0.1) is 11.3 Å². The Kier molecular flexibility index (Phi) is 4.25. The van der Waals surface area contributed by atoms with E-state index in [2.05, 4.69) is 53.9 Å². The normalized spacial score (nSPS) is 15.7. The molecule has 3 aromatic rings. The third-order valence-corrected chi connectivity index (χ3v) is 5.70. The fourth-order valence-electron chi connectivity index (χ4n) is 3.48. The number of hydrogen-bond donors (Lipinski definition) is 0. The molecule has 2 aromatic carbocycles. The Balaban J connectivity index is 1.55. The minimum absolute atomic E-state index is 0.771. The lowest BCUT2D eigenvalue weighted by atomic mass is 9.84. The van der Waals surface area contributed by atoms with Crippen LogP contribution in [-0.2, 0) is 0 Å². The van der Waals surface area contributed by atoms with Crippen molar-refractivity contribution in [2.24, 2.45) is 0 Å². The van der Waals surface area contributed by atoms with Crippen molar-refractivity contribution in [1.29, 1.82) is 0 Å². The highest BCUT2D eigenvalue weighted by atomic mass is 32.1. The summed E-state index contributed by atoms with van der Waals surface area (Å²) < 4.78 is 0. The molecule has 0 bridgehead atoms. The van der Waals surface area contributed by atoms with Gasteiger partial charge in [-0.05, 0) is 24.3 Å². The van der Waals surface area contributed by atoms with E-state index in [0.717, 1.165) is 16.6 Å². The van der Waals surface area contributed by atoms with Crippen LogP contribution in [0.25, 0.3) is 21.8 Å². The smallest absolute Gasteiger partial charge is 0.124 e. The van der Waals surface area contributed by atoms with E-state index in [1.807, 2.05) is 6.07 Å². The van der Waals surface area contributed by atoms with E-state index in [0.29, 0.717) is 0 Å². The maximum atomic E-state index is 4.81. The minimum Gasteiger partial charge on any atom is -0.236 e. The number of benzene rings is 2. The molecule has 0 atom stereocenters. The third-order valence-electron chi connectivity index (χ3n) is 4.81. The first-order valence-electron chi connectivity index (χ1n) is 8.51. The van der Waals surface area contributed by atoms with Gasteiger partial charge in [0.05, 0.1) is 5.69 Å². The highest BCUT2D eigenvalue weighted by Gasteiger charge is 2.15. The zero-order chi connectivity index (χ0) is 15.5. The van der Waals surface area contributed by atoms with Crippen molar-refractivity contribution in [1.82, 2.24) is 4.98 Å². The number of nitrogens with zero attached hydrogens (tertiary/aromatic N) is 1. The lowest BCUT2D eigenvalue weighted by molar-refractivity contribution is 0.443. The lowest BCUT2D eigenvalue weighted by Crippen LogP contribution is -2.04. The molecule has 0 radical (unpaired) electrons. The van der Waals surface area contributed by atoms with Gasteiger partial charge in [0.1, 0.15) is 5.01 Å². The maximum Gasteiger partial charge on any atom is 0.124 e. The first kappa shape index (κ1) is 14.6. The van der Waals surface area contributed by atoms with Crippen LogP contribution in [0.2, 0.25) is 0 Å². The quantitative estimate of drug-likeness (QED) is 0.535. The predicted molar refractivity (Wildman–Crippen MR) is 98.8 cm³/mol. The van der Waals surface area contributed by atoms with E-state index in [1.54, 1.807) is 11.3 Å². The summed E-state index contributed by atoms with van der Waals surface area (Å²) >= 11 is 1.72. The summed E-state index contributed by atoms with van der Waals surface area (Å²) in [5.74, 6) is 0.771. The van der Waals surface area contributed by atoms with E-state index in [1.165, 1.54) is 48.8 Å². The topological polar surface area (TPSA) is 12.9 Å². The zero-order valence-electron chi connectivity index (χ0n) is 13.2. The van der Waals surface area contributed by atoms with Crippen LogP contribution in [0.1, 0.15) is 43.6 Å². The molecule has 1 nitrogen and oxygen atoms in total. The molecular weight excluding hydrogens is 298 g/mol. The average Bonchev–Trinajstić information content (AvgIpc) is 3.14. The van der Waals surface area contributed by atoms with E-state index in [9.17, 15) is 0 Å². The standard InChI is InChI=1S/C21H21NS/c1-3-7-16(8-4-1)17-11-13-18(14-12-17)20-15-23-21(22-20)19-9-5-2-6-10-19/h2,5-6,9-16H,1,3-4,7-8H2. The maximum absolute atomic E-state index is 4.81. The first-order chi connectivity index (χ1) is 11.4. The molecule has 1 saturated carbocycles. The van der Waals surface area contributed by atoms with Gasteiger partial charge in [-0.1, -0.05) is 73.9 Å². The summed E-state index contributed by atoms with van der Waals surface area (Å²) in [4.78, 5) is 4.81. The Morgan fingerprint density at radius 2 is 1.52 bits per heavy atom. The molecule has 0 saturated heterocycles. The molecule has 1 aliphatic rings. The number of aromatic nitrogens is 1. The van der Waals surface area contributed by atoms with Crippen LogP contribution in [0.3, 0.4) is 0 Å². The molecule has 0 amide bonds. The third kappa shape index (κ3) is 3.23. The lowest BCUT2D eigenvalue weighted by Gasteiger charge is -2.22.